The topological polar surface area (TPSA) is 53.4 Å². The van der Waals surface area contributed by atoms with Gasteiger partial charge in [-0.2, -0.15) is 0 Å². The summed E-state index contributed by atoms with van der Waals surface area (Å²) in [4.78, 5) is 17.8. The van der Waals surface area contributed by atoms with Gasteiger partial charge in [-0.15, -0.1) is 0 Å². The number of halogens is 1. The third-order valence-corrected chi connectivity index (χ3v) is 4.81. The quantitative estimate of drug-likeness (QED) is 0.900. The predicted octanol–water partition coefficient (Wildman–Crippen LogP) is 3.61. The largest absolute Gasteiger partial charge is 0.481 e. The summed E-state index contributed by atoms with van der Waals surface area (Å²) in [5.74, 6) is -0.969. The SMILES string of the molecule is Cc1cc2c(Br)ccnc2cc1N1CCCC(C(=O)O)C1. The van der Waals surface area contributed by atoms with Gasteiger partial charge in [-0.05, 0) is 43.5 Å². The Morgan fingerprint density at radius 2 is 2.29 bits per heavy atom. The van der Waals surface area contributed by atoms with E-state index >= 15 is 0 Å². The average molecular weight is 349 g/mol. The Balaban J connectivity index is 2.00. The summed E-state index contributed by atoms with van der Waals surface area (Å²) < 4.78 is 1.03. The second-order valence-electron chi connectivity index (χ2n) is 5.57. The zero-order chi connectivity index (χ0) is 15.0. The van der Waals surface area contributed by atoms with Crippen molar-refractivity contribution in [2.75, 3.05) is 18.0 Å². The first-order valence-electron chi connectivity index (χ1n) is 7.09. The number of nitrogens with zero attached hydrogens (tertiary/aromatic N) is 2. The molecule has 1 unspecified atom stereocenters. The van der Waals surface area contributed by atoms with Crippen LogP contribution in [0.2, 0.25) is 0 Å². The first kappa shape index (κ1) is 14.3. The first-order chi connectivity index (χ1) is 10.1. The van der Waals surface area contributed by atoms with Gasteiger partial charge in [0.15, 0.2) is 0 Å². The number of anilines is 1. The van der Waals surface area contributed by atoms with Crippen molar-refractivity contribution in [1.29, 1.82) is 0 Å². The molecule has 3 rings (SSSR count). The predicted molar refractivity (Wildman–Crippen MR) is 86.8 cm³/mol. The number of carboxylic acids is 1. The van der Waals surface area contributed by atoms with Gasteiger partial charge in [-0.25, -0.2) is 0 Å². The van der Waals surface area contributed by atoms with Crippen LogP contribution in [0.4, 0.5) is 5.69 Å². The van der Waals surface area contributed by atoms with Crippen LogP contribution in [-0.2, 0) is 4.79 Å². The lowest BCUT2D eigenvalue weighted by molar-refractivity contribution is -0.141. The number of hydrogen-bond acceptors (Lipinski definition) is 3. The minimum absolute atomic E-state index is 0.274. The highest BCUT2D eigenvalue weighted by molar-refractivity contribution is 9.10. The Morgan fingerprint density at radius 3 is 3.05 bits per heavy atom. The molecule has 1 aromatic carbocycles. The summed E-state index contributed by atoms with van der Waals surface area (Å²) in [6, 6.07) is 6.12. The molecule has 0 spiro atoms. The van der Waals surface area contributed by atoms with Gasteiger partial charge in [-0.3, -0.25) is 9.78 Å². The molecule has 1 saturated heterocycles. The van der Waals surface area contributed by atoms with Crippen molar-refractivity contribution in [2.24, 2.45) is 5.92 Å². The molecule has 0 aliphatic carbocycles. The highest BCUT2D eigenvalue weighted by Crippen LogP contribution is 2.32. The number of rotatable bonds is 2. The molecule has 2 heterocycles. The van der Waals surface area contributed by atoms with Gasteiger partial charge in [0.05, 0.1) is 11.4 Å². The van der Waals surface area contributed by atoms with Crippen molar-refractivity contribution in [2.45, 2.75) is 19.8 Å². The van der Waals surface area contributed by atoms with Crippen LogP contribution in [0.15, 0.2) is 28.9 Å². The number of fused-ring (bicyclic) bond motifs is 1. The van der Waals surface area contributed by atoms with Crippen LogP contribution in [0.5, 0.6) is 0 Å². The number of benzene rings is 1. The summed E-state index contributed by atoms with van der Waals surface area (Å²) in [7, 11) is 0. The number of carbonyl (C=O) groups is 1. The molecule has 21 heavy (non-hydrogen) atoms. The second kappa shape index (κ2) is 5.64. The highest BCUT2D eigenvalue weighted by Gasteiger charge is 2.26. The molecule has 2 aromatic rings. The van der Waals surface area contributed by atoms with E-state index in [1.54, 1.807) is 6.20 Å². The maximum atomic E-state index is 11.2. The highest BCUT2D eigenvalue weighted by atomic mass is 79.9. The van der Waals surface area contributed by atoms with Gasteiger partial charge >= 0.3 is 5.97 Å². The van der Waals surface area contributed by atoms with Crippen LogP contribution < -0.4 is 4.90 Å². The second-order valence-corrected chi connectivity index (χ2v) is 6.43. The first-order valence-corrected chi connectivity index (χ1v) is 7.88. The molecular formula is C16H17BrN2O2. The van der Waals surface area contributed by atoms with Crippen molar-refractivity contribution < 1.29 is 9.90 Å². The zero-order valence-electron chi connectivity index (χ0n) is 11.8. The summed E-state index contributed by atoms with van der Waals surface area (Å²) >= 11 is 3.55. The Hall–Kier alpha value is -1.62. The van der Waals surface area contributed by atoms with Crippen molar-refractivity contribution in [3.8, 4) is 0 Å². The fourth-order valence-electron chi connectivity index (χ4n) is 2.99. The molecule has 0 radical (unpaired) electrons. The number of aromatic nitrogens is 1. The van der Waals surface area contributed by atoms with Gasteiger partial charge in [-0.1, -0.05) is 15.9 Å². The molecule has 0 amide bonds. The van der Waals surface area contributed by atoms with Gasteiger partial charge in [0.1, 0.15) is 0 Å². The molecule has 4 nitrogen and oxygen atoms in total. The van der Waals surface area contributed by atoms with E-state index in [1.807, 2.05) is 6.07 Å². The average Bonchev–Trinajstić information content (AvgIpc) is 2.48. The minimum Gasteiger partial charge on any atom is -0.481 e. The van der Waals surface area contributed by atoms with Gasteiger partial charge < -0.3 is 10.0 Å². The lowest BCUT2D eigenvalue weighted by Gasteiger charge is -2.33. The number of hydrogen-bond donors (Lipinski definition) is 1. The minimum atomic E-state index is -0.695. The smallest absolute Gasteiger partial charge is 0.308 e. The molecular weight excluding hydrogens is 332 g/mol. The Bertz CT molecular complexity index is 702. The van der Waals surface area contributed by atoms with E-state index in [9.17, 15) is 9.90 Å². The molecule has 1 aromatic heterocycles. The lowest BCUT2D eigenvalue weighted by atomic mass is 9.97. The molecule has 1 N–H and O–H groups in total. The molecule has 0 bridgehead atoms. The van der Waals surface area contributed by atoms with E-state index in [-0.39, 0.29) is 5.92 Å². The number of aliphatic carboxylic acids is 1. The third-order valence-electron chi connectivity index (χ3n) is 4.12. The van der Waals surface area contributed by atoms with Crippen molar-refractivity contribution >= 4 is 38.5 Å². The Labute approximate surface area is 131 Å². The zero-order valence-corrected chi connectivity index (χ0v) is 13.4. The van der Waals surface area contributed by atoms with Gasteiger partial charge in [0.25, 0.3) is 0 Å². The maximum Gasteiger partial charge on any atom is 0.308 e. The van der Waals surface area contributed by atoms with Crippen LogP contribution in [0.3, 0.4) is 0 Å². The van der Waals surface area contributed by atoms with Crippen LogP contribution in [0, 0.1) is 12.8 Å². The van der Waals surface area contributed by atoms with Crippen LogP contribution >= 0.6 is 15.9 Å². The third kappa shape index (κ3) is 2.75. The summed E-state index contributed by atoms with van der Waals surface area (Å²) in [5.41, 5.74) is 3.18. The van der Waals surface area contributed by atoms with Crippen LogP contribution in [-0.4, -0.2) is 29.1 Å². The van der Waals surface area contributed by atoms with Crippen molar-refractivity contribution in [1.82, 2.24) is 4.98 Å². The van der Waals surface area contributed by atoms with Crippen molar-refractivity contribution in [3.63, 3.8) is 0 Å². The monoisotopic (exact) mass is 348 g/mol. The van der Waals surface area contributed by atoms with E-state index in [0.717, 1.165) is 46.0 Å². The molecule has 1 aliphatic heterocycles. The Morgan fingerprint density at radius 1 is 1.48 bits per heavy atom. The molecule has 110 valence electrons. The number of carboxylic acid groups (broad SMARTS) is 1. The van der Waals surface area contributed by atoms with Gasteiger partial charge in [0, 0.05) is 34.8 Å². The fourth-order valence-corrected chi connectivity index (χ4v) is 3.43. The van der Waals surface area contributed by atoms with Crippen LogP contribution in [0.25, 0.3) is 10.9 Å². The van der Waals surface area contributed by atoms with Crippen LogP contribution in [0.1, 0.15) is 18.4 Å². The Kier molecular flexibility index (Phi) is 3.85. The molecule has 0 saturated carbocycles. The fraction of sp³-hybridized carbons (Fsp3) is 0.375. The summed E-state index contributed by atoms with van der Waals surface area (Å²) in [6.45, 7) is 3.55. The molecule has 1 fully saturated rings. The number of piperidine rings is 1. The van der Waals surface area contributed by atoms with E-state index in [0.29, 0.717) is 6.54 Å². The molecule has 1 atom stereocenters. The van der Waals surface area contributed by atoms with E-state index < -0.39 is 5.97 Å². The van der Waals surface area contributed by atoms with Crippen molar-refractivity contribution in [3.05, 3.63) is 34.4 Å². The normalized spacial score (nSPS) is 19.0. The molecule has 1 aliphatic rings. The standard InChI is InChI=1S/C16H17BrN2O2/c1-10-7-12-13(17)4-5-18-14(12)8-15(10)19-6-2-3-11(9-19)16(20)21/h4-5,7-8,11H,2-3,6,9H2,1H3,(H,20,21). The van der Waals surface area contributed by atoms with E-state index in [4.69, 9.17) is 0 Å². The number of pyridine rings is 1. The van der Waals surface area contributed by atoms with E-state index in [1.165, 1.54) is 0 Å². The lowest BCUT2D eigenvalue weighted by Crippen LogP contribution is -2.39. The number of aryl methyl sites for hydroxylation is 1. The summed E-state index contributed by atoms with van der Waals surface area (Å²) in [5, 5.41) is 10.3. The molecule has 5 heteroatoms. The summed E-state index contributed by atoms with van der Waals surface area (Å²) in [6.07, 6.45) is 3.46. The van der Waals surface area contributed by atoms with E-state index in [2.05, 4.69) is 44.9 Å². The van der Waals surface area contributed by atoms with Gasteiger partial charge in [0.2, 0.25) is 0 Å². The maximum absolute atomic E-state index is 11.2.